The number of likely N-dealkylation sites (tertiary alicyclic amines) is 1. The van der Waals surface area contributed by atoms with Gasteiger partial charge in [-0.1, -0.05) is 0 Å². The molecule has 3 N–H and O–H groups in total. The number of rotatable bonds is 5. The quantitative estimate of drug-likeness (QED) is 0.419. The van der Waals surface area contributed by atoms with Crippen molar-refractivity contribution in [3.63, 3.8) is 0 Å². The SMILES string of the molecule is CS(=O)(=O)NCCCN1CC(N)C1=O. The third-order valence-electron chi connectivity index (χ3n) is 2.02. The molecule has 0 bridgehead atoms. The fourth-order valence-electron chi connectivity index (χ4n) is 1.26. The van der Waals surface area contributed by atoms with Gasteiger partial charge in [-0.25, -0.2) is 13.1 Å². The molecular formula is C7H15N3O3S. The van der Waals surface area contributed by atoms with Crippen molar-refractivity contribution in [2.75, 3.05) is 25.9 Å². The molecule has 14 heavy (non-hydrogen) atoms. The molecule has 1 aliphatic heterocycles. The number of nitrogens with two attached hydrogens (primary N) is 1. The maximum absolute atomic E-state index is 11.0. The number of carbonyl (C=O) groups excluding carboxylic acids is 1. The van der Waals surface area contributed by atoms with Crippen LogP contribution in [0.15, 0.2) is 0 Å². The summed E-state index contributed by atoms with van der Waals surface area (Å²) in [7, 11) is -3.11. The molecule has 1 rings (SSSR count). The molecule has 0 spiro atoms. The fraction of sp³-hybridized carbons (Fsp3) is 0.857. The summed E-state index contributed by atoms with van der Waals surface area (Å²) in [5, 5.41) is 0. The van der Waals surface area contributed by atoms with Gasteiger partial charge in [0.25, 0.3) is 0 Å². The van der Waals surface area contributed by atoms with Gasteiger partial charge in [0.2, 0.25) is 15.9 Å². The molecule has 1 amide bonds. The van der Waals surface area contributed by atoms with Gasteiger partial charge in [-0.15, -0.1) is 0 Å². The molecule has 1 atom stereocenters. The molecule has 1 aliphatic rings. The molecule has 1 saturated heterocycles. The zero-order valence-electron chi connectivity index (χ0n) is 8.06. The molecule has 1 heterocycles. The van der Waals surface area contributed by atoms with E-state index >= 15 is 0 Å². The first-order chi connectivity index (χ1) is 6.40. The second kappa shape index (κ2) is 4.24. The largest absolute Gasteiger partial charge is 0.339 e. The highest BCUT2D eigenvalue weighted by Crippen LogP contribution is 2.07. The number of amides is 1. The molecule has 0 radical (unpaired) electrons. The third-order valence-corrected chi connectivity index (χ3v) is 2.74. The zero-order chi connectivity index (χ0) is 10.8. The van der Waals surface area contributed by atoms with Crippen LogP contribution >= 0.6 is 0 Å². The number of nitrogens with zero attached hydrogens (tertiary/aromatic N) is 1. The first kappa shape index (κ1) is 11.4. The molecule has 1 unspecified atom stereocenters. The highest BCUT2D eigenvalue weighted by atomic mass is 32.2. The predicted molar refractivity (Wildman–Crippen MR) is 52.0 cm³/mol. The molecule has 7 heteroatoms. The van der Waals surface area contributed by atoms with Crippen LogP contribution < -0.4 is 10.5 Å². The van der Waals surface area contributed by atoms with Crippen LogP contribution in [0.1, 0.15) is 6.42 Å². The van der Waals surface area contributed by atoms with Gasteiger partial charge in [-0.3, -0.25) is 4.79 Å². The van der Waals surface area contributed by atoms with Crippen LogP contribution in [-0.4, -0.2) is 51.2 Å². The summed E-state index contributed by atoms with van der Waals surface area (Å²) < 4.78 is 23.7. The molecule has 1 fully saturated rings. The van der Waals surface area contributed by atoms with Crippen LogP contribution in [-0.2, 0) is 14.8 Å². The summed E-state index contributed by atoms with van der Waals surface area (Å²) in [5.41, 5.74) is 5.38. The van der Waals surface area contributed by atoms with Gasteiger partial charge in [0.1, 0.15) is 6.04 Å². The van der Waals surface area contributed by atoms with Crippen molar-refractivity contribution in [3.8, 4) is 0 Å². The standard InChI is InChI=1S/C7H15N3O3S/c1-14(12,13)9-3-2-4-10-5-6(8)7(10)11/h6,9H,2-5,8H2,1H3. The van der Waals surface area contributed by atoms with E-state index in [1.807, 2.05) is 0 Å². The highest BCUT2D eigenvalue weighted by Gasteiger charge is 2.32. The third kappa shape index (κ3) is 3.24. The van der Waals surface area contributed by atoms with Crippen molar-refractivity contribution in [2.45, 2.75) is 12.5 Å². The lowest BCUT2D eigenvalue weighted by molar-refractivity contribution is -0.142. The van der Waals surface area contributed by atoms with Gasteiger partial charge in [0, 0.05) is 19.6 Å². The minimum atomic E-state index is -3.11. The summed E-state index contributed by atoms with van der Waals surface area (Å²) in [6, 6.07) is -0.349. The molecule has 0 saturated carbocycles. The Balaban J connectivity index is 2.09. The van der Waals surface area contributed by atoms with E-state index in [1.54, 1.807) is 4.90 Å². The minimum absolute atomic E-state index is 0.0515. The van der Waals surface area contributed by atoms with Crippen LogP contribution in [0.3, 0.4) is 0 Å². The molecule has 0 aromatic heterocycles. The van der Waals surface area contributed by atoms with E-state index in [4.69, 9.17) is 5.73 Å². The zero-order valence-corrected chi connectivity index (χ0v) is 8.88. The maximum Gasteiger partial charge on any atom is 0.241 e. The Morgan fingerprint density at radius 1 is 1.64 bits per heavy atom. The van der Waals surface area contributed by atoms with E-state index in [0.29, 0.717) is 26.1 Å². The van der Waals surface area contributed by atoms with Crippen LogP contribution in [0, 0.1) is 0 Å². The lowest BCUT2D eigenvalue weighted by Crippen LogP contribution is -2.61. The number of hydrogen-bond donors (Lipinski definition) is 2. The van der Waals surface area contributed by atoms with Crippen molar-refractivity contribution in [2.24, 2.45) is 5.73 Å². The van der Waals surface area contributed by atoms with Crippen LogP contribution in [0.2, 0.25) is 0 Å². The van der Waals surface area contributed by atoms with Gasteiger partial charge in [0.05, 0.1) is 6.26 Å². The van der Waals surface area contributed by atoms with Gasteiger partial charge in [-0.05, 0) is 6.42 Å². The fourth-order valence-corrected chi connectivity index (χ4v) is 1.77. The molecule has 6 nitrogen and oxygen atoms in total. The minimum Gasteiger partial charge on any atom is -0.339 e. The van der Waals surface area contributed by atoms with Crippen LogP contribution in [0.4, 0.5) is 0 Å². The maximum atomic E-state index is 11.0. The lowest BCUT2D eigenvalue weighted by atomic mass is 10.1. The Morgan fingerprint density at radius 3 is 2.71 bits per heavy atom. The van der Waals surface area contributed by atoms with Crippen molar-refractivity contribution < 1.29 is 13.2 Å². The van der Waals surface area contributed by atoms with Crippen LogP contribution in [0.5, 0.6) is 0 Å². The summed E-state index contributed by atoms with van der Waals surface area (Å²) in [5.74, 6) is -0.0515. The molecule has 82 valence electrons. The smallest absolute Gasteiger partial charge is 0.241 e. The van der Waals surface area contributed by atoms with Gasteiger partial charge in [-0.2, -0.15) is 0 Å². The topological polar surface area (TPSA) is 92.5 Å². The summed E-state index contributed by atoms with van der Waals surface area (Å²) >= 11 is 0. The number of β-lactam (4-membered cyclic amide) rings is 1. The normalized spacial score (nSPS) is 22.3. The summed E-state index contributed by atoms with van der Waals surface area (Å²) in [6.07, 6.45) is 1.73. The lowest BCUT2D eigenvalue weighted by Gasteiger charge is -2.36. The van der Waals surface area contributed by atoms with E-state index in [1.165, 1.54) is 0 Å². The van der Waals surface area contributed by atoms with E-state index in [-0.39, 0.29) is 11.9 Å². The van der Waals surface area contributed by atoms with E-state index in [9.17, 15) is 13.2 Å². The van der Waals surface area contributed by atoms with Gasteiger partial charge < -0.3 is 10.6 Å². The van der Waals surface area contributed by atoms with E-state index in [2.05, 4.69) is 4.72 Å². The number of hydrogen-bond acceptors (Lipinski definition) is 4. The summed E-state index contributed by atoms with van der Waals surface area (Å²) in [4.78, 5) is 12.6. The average molecular weight is 221 g/mol. The van der Waals surface area contributed by atoms with Gasteiger partial charge in [0.15, 0.2) is 0 Å². The Morgan fingerprint density at radius 2 is 2.29 bits per heavy atom. The van der Waals surface area contributed by atoms with Gasteiger partial charge >= 0.3 is 0 Å². The van der Waals surface area contributed by atoms with Crippen molar-refractivity contribution >= 4 is 15.9 Å². The van der Waals surface area contributed by atoms with E-state index in [0.717, 1.165) is 6.26 Å². The second-order valence-corrected chi connectivity index (χ2v) is 5.24. The van der Waals surface area contributed by atoms with Crippen molar-refractivity contribution in [1.29, 1.82) is 0 Å². The number of sulfonamides is 1. The Kier molecular flexibility index (Phi) is 3.46. The summed E-state index contributed by atoms with van der Waals surface area (Å²) in [6.45, 7) is 1.50. The number of nitrogens with one attached hydrogen (secondary N) is 1. The first-order valence-corrected chi connectivity index (χ1v) is 6.28. The molecule has 0 aromatic rings. The Hall–Kier alpha value is -0.660. The average Bonchev–Trinajstić information content (AvgIpc) is 2.08. The van der Waals surface area contributed by atoms with Crippen molar-refractivity contribution in [3.05, 3.63) is 0 Å². The molecule has 0 aliphatic carbocycles. The Bertz CT molecular complexity index is 314. The monoisotopic (exact) mass is 221 g/mol. The highest BCUT2D eigenvalue weighted by molar-refractivity contribution is 7.88. The predicted octanol–water partition coefficient (Wildman–Crippen LogP) is -1.90. The van der Waals surface area contributed by atoms with E-state index < -0.39 is 10.0 Å². The number of carbonyl (C=O) groups is 1. The Labute approximate surface area is 83.5 Å². The van der Waals surface area contributed by atoms with Crippen LogP contribution in [0.25, 0.3) is 0 Å². The molecular weight excluding hydrogens is 206 g/mol. The van der Waals surface area contributed by atoms with Crippen molar-refractivity contribution in [1.82, 2.24) is 9.62 Å². The first-order valence-electron chi connectivity index (χ1n) is 4.39. The second-order valence-electron chi connectivity index (χ2n) is 3.41. The molecule has 0 aromatic carbocycles.